The average molecular weight is 272 g/mol. The van der Waals surface area contributed by atoms with Gasteiger partial charge in [0.05, 0.1) is 0 Å². The van der Waals surface area contributed by atoms with E-state index in [2.05, 4.69) is 50.4 Å². The van der Waals surface area contributed by atoms with Crippen molar-refractivity contribution in [3.63, 3.8) is 0 Å². The van der Waals surface area contributed by atoms with Crippen LogP contribution in [0.2, 0.25) is 5.15 Å². The molecule has 94 valence electrons. The lowest BCUT2D eigenvalue weighted by Gasteiger charge is -2.33. The second-order valence-corrected chi connectivity index (χ2v) is 7.17. The van der Waals surface area contributed by atoms with E-state index in [-0.39, 0.29) is 16.1 Å². The summed E-state index contributed by atoms with van der Waals surface area (Å²) in [5.74, 6) is 0. The fourth-order valence-corrected chi connectivity index (χ4v) is 3.24. The number of anilines is 1. The van der Waals surface area contributed by atoms with Gasteiger partial charge in [0.1, 0.15) is 16.6 Å². The van der Waals surface area contributed by atoms with Crippen LogP contribution in [-0.2, 0) is 0 Å². The van der Waals surface area contributed by atoms with E-state index in [0.717, 1.165) is 11.4 Å². The fraction of sp³-hybridized carbons (Fsp3) is 0.667. The second-order valence-electron chi connectivity index (χ2n) is 6.04. The molecule has 0 amide bonds. The molecule has 0 spiro atoms. The van der Waals surface area contributed by atoms with Gasteiger partial charge >= 0.3 is 0 Å². The summed E-state index contributed by atoms with van der Waals surface area (Å²) < 4.78 is 3.99. The molecule has 3 nitrogen and oxygen atoms in total. The first kappa shape index (κ1) is 14.3. The van der Waals surface area contributed by atoms with Gasteiger partial charge in [-0.2, -0.15) is 9.64 Å². The summed E-state index contributed by atoms with van der Waals surface area (Å²) in [6, 6.07) is 2.08. The van der Waals surface area contributed by atoms with E-state index in [1.54, 1.807) is 0 Å². The van der Waals surface area contributed by atoms with E-state index in [1.165, 1.54) is 11.5 Å². The van der Waals surface area contributed by atoms with E-state index in [9.17, 15) is 0 Å². The van der Waals surface area contributed by atoms with Crippen molar-refractivity contribution >= 4 is 28.1 Å². The Labute approximate surface area is 112 Å². The van der Waals surface area contributed by atoms with Crippen molar-refractivity contribution in [2.24, 2.45) is 5.41 Å². The number of aromatic nitrogens is 1. The highest BCUT2D eigenvalue weighted by Gasteiger charge is 2.27. The molecule has 1 N–H and O–H groups in total. The van der Waals surface area contributed by atoms with Gasteiger partial charge in [0.25, 0.3) is 0 Å². The van der Waals surface area contributed by atoms with Crippen LogP contribution in [-0.4, -0.2) is 9.91 Å². The molecule has 0 aliphatic heterocycles. The van der Waals surface area contributed by atoms with Crippen LogP contribution in [0.1, 0.15) is 46.6 Å². The minimum Gasteiger partial charge on any atom is -0.370 e. The summed E-state index contributed by atoms with van der Waals surface area (Å²) in [7, 11) is 0. The summed E-state index contributed by atoms with van der Waals surface area (Å²) in [6.45, 7) is 10.8. The number of nitrogens with zero attached hydrogens (tertiary/aromatic N) is 2. The SMILES string of the molecule is CC(C)(C)CC(C)(C)Nc1snc(Cl)c1C#N. The van der Waals surface area contributed by atoms with Gasteiger partial charge in [-0.3, -0.25) is 0 Å². The first-order valence-corrected chi connectivity index (χ1v) is 6.63. The van der Waals surface area contributed by atoms with Gasteiger partial charge in [-0.1, -0.05) is 32.4 Å². The van der Waals surface area contributed by atoms with E-state index in [4.69, 9.17) is 16.9 Å². The molecule has 0 radical (unpaired) electrons. The van der Waals surface area contributed by atoms with Crippen LogP contribution in [0.15, 0.2) is 0 Å². The Morgan fingerprint density at radius 1 is 1.35 bits per heavy atom. The van der Waals surface area contributed by atoms with Gasteiger partial charge in [0, 0.05) is 5.54 Å². The molecule has 0 saturated carbocycles. The maximum Gasteiger partial charge on any atom is 0.162 e. The Hall–Kier alpha value is -0.790. The number of hydrogen-bond acceptors (Lipinski definition) is 4. The van der Waals surface area contributed by atoms with Crippen molar-refractivity contribution in [3.8, 4) is 6.07 Å². The lowest BCUT2D eigenvalue weighted by Crippen LogP contribution is -2.35. The van der Waals surface area contributed by atoms with Crippen LogP contribution in [0, 0.1) is 16.7 Å². The Bertz CT molecular complexity index is 438. The van der Waals surface area contributed by atoms with Gasteiger partial charge in [-0.25, -0.2) is 0 Å². The topological polar surface area (TPSA) is 48.7 Å². The van der Waals surface area contributed by atoms with Crippen molar-refractivity contribution in [2.75, 3.05) is 5.32 Å². The van der Waals surface area contributed by atoms with Crippen LogP contribution < -0.4 is 5.32 Å². The van der Waals surface area contributed by atoms with Gasteiger partial charge in [0.2, 0.25) is 0 Å². The van der Waals surface area contributed by atoms with Crippen molar-refractivity contribution in [2.45, 2.75) is 46.6 Å². The maximum absolute atomic E-state index is 9.01. The Morgan fingerprint density at radius 2 is 1.94 bits per heavy atom. The highest BCUT2D eigenvalue weighted by Crippen LogP contribution is 2.34. The second kappa shape index (κ2) is 4.83. The summed E-state index contributed by atoms with van der Waals surface area (Å²) >= 11 is 7.08. The predicted molar refractivity (Wildman–Crippen MR) is 73.6 cm³/mol. The monoisotopic (exact) mass is 271 g/mol. The van der Waals surface area contributed by atoms with Gasteiger partial charge in [0.15, 0.2) is 5.15 Å². The lowest BCUT2D eigenvalue weighted by atomic mass is 9.82. The highest BCUT2D eigenvalue weighted by molar-refractivity contribution is 7.10. The standard InChI is InChI=1S/C12H18ClN3S/c1-11(2,3)7-12(4,5)15-10-8(6-14)9(13)16-17-10/h15H,7H2,1-5H3. The number of nitrogens with one attached hydrogen (secondary N) is 1. The zero-order chi connectivity index (χ0) is 13.3. The zero-order valence-corrected chi connectivity index (χ0v) is 12.5. The number of nitriles is 1. The minimum absolute atomic E-state index is 0.0975. The quantitative estimate of drug-likeness (QED) is 0.892. The maximum atomic E-state index is 9.01. The van der Waals surface area contributed by atoms with E-state index in [0.29, 0.717) is 5.56 Å². The zero-order valence-electron chi connectivity index (χ0n) is 10.9. The summed E-state index contributed by atoms with van der Waals surface area (Å²) in [6.07, 6.45) is 0.986. The van der Waals surface area contributed by atoms with E-state index in [1.807, 2.05) is 0 Å². The van der Waals surface area contributed by atoms with Crippen LogP contribution in [0.4, 0.5) is 5.00 Å². The third-order valence-corrected chi connectivity index (χ3v) is 3.32. The Kier molecular flexibility index (Phi) is 4.06. The molecule has 1 aromatic heterocycles. The average Bonchev–Trinajstić information content (AvgIpc) is 2.41. The number of halogens is 1. The molecule has 1 aromatic rings. The molecule has 0 bridgehead atoms. The van der Waals surface area contributed by atoms with Crippen LogP contribution in [0.5, 0.6) is 0 Å². The molecule has 0 aliphatic rings. The third-order valence-electron chi connectivity index (χ3n) is 2.19. The third kappa shape index (κ3) is 4.18. The molecule has 0 fully saturated rings. The van der Waals surface area contributed by atoms with E-state index < -0.39 is 0 Å². The molecule has 17 heavy (non-hydrogen) atoms. The van der Waals surface area contributed by atoms with Crippen LogP contribution >= 0.6 is 23.1 Å². The van der Waals surface area contributed by atoms with Gasteiger partial charge in [-0.15, -0.1) is 0 Å². The molecule has 0 atom stereocenters. The number of rotatable bonds is 3. The highest BCUT2D eigenvalue weighted by atomic mass is 35.5. The van der Waals surface area contributed by atoms with Gasteiger partial charge < -0.3 is 5.32 Å². The number of hydrogen-bond donors (Lipinski definition) is 1. The molecule has 1 heterocycles. The summed E-state index contributed by atoms with van der Waals surface area (Å²) in [5, 5.41) is 13.4. The van der Waals surface area contributed by atoms with Crippen molar-refractivity contribution < 1.29 is 0 Å². The molecule has 5 heteroatoms. The largest absolute Gasteiger partial charge is 0.370 e. The summed E-state index contributed by atoms with van der Waals surface area (Å²) in [5.41, 5.74) is 0.566. The van der Waals surface area contributed by atoms with Crippen molar-refractivity contribution in [1.82, 2.24) is 4.37 Å². The predicted octanol–water partition coefficient (Wildman–Crippen LogP) is 4.29. The fourth-order valence-electron chi connectivity index (χ4n) is 2.13. The molecular weight excluding hydrogens is 254 g/mol. The molecular formula is C12H18ClN3S. The minimum atomic E-state index is -0.0975. The van der Waals surface area contributed by atoms with Gasteiger partial charge in [-0.05, 0) is 37.2 Å². The Balaban J connectivity index is 2.87. The lowest BCUT2D eigenvalue weighted by molar-refractivity contribution is 0.303. The first-order valence-electron chi connectivity index (χ1n) is 5.48. The van der Waals surface area contributed by atoms with Crippen molar-refractivity contribution in [3.05, 3.63) is 10.7 Å². The summed E-state index contributed by atoms with van der Waals surface area (Å²) in [4.78, 5) is 0. The Morgan fingerprint density at radius 3 is 2.41 bits per heavy atom. The smallest absolute Gasteiger partial charge is 0.162 e. The van der Waals surface area contributed by atoms with Crippen LogP contribution in [0.25, 0.3) is 0 Å². The molecule has 0 aliphatic carbocycles. The molecule has 0 aromatic carbocycles. The first-order chi connectivity index (χ1) is 7.64. The molecule has 1 rings (SSSR count). The normalized spacial score (nSPS) is 12.3. The molecule has 0 saturated heterocycles. The van der Waals surface area contributed by atoms with E-state index >= 15 is 0 Å². The van der Waals surface area contributed by atoms with Crippen molar-refractivity contribution in [1.29, 1.82) is 5.26 Å². The molecule has 0 unspecified atom stereocenters. The van der Waals surface area contributed by atoms with Crippen LogP contribution in [0.3, 0.4) is 0 Å².